The average molecular weight is 273 g/mol. The molecular formula is C14H19N5O. The van der Waals surface area contributed by atoms with Crippen molar-refractivity contribution in [3.05, 3.63) is 36.2 Å². The van der Waals surface area contributed by atoms with Gasteiger partial charge in [-0.15, -0.1) is 0 Å². The Morgan fingerprint density at radius 1 is 1.10 bits per heavy atom. The van der Waals surface area contributed by atoms with E-state index in [0.717, 1.165) is 11.4 Å². The topological polar surface area (TPSA) is 85.1 Å². The first kappa shape index (κ1) is 14.1. The zero-order chi connectivity index (χ0) is 14.5. The Morgan fingerprint density at radius 2 is 1.75 bits per heavy atom. The third-order valence-corrected chi connectivity index (χ3v) is 2.48. The van der Waals surface area contributed by atoms with Gasteiger partial charge in [-0.2, -0.15) is 0 Å². The average Bonchev–Trinajstić information content (AvgIpc) is 2.39. The third-order valence-electron chi connectivity index (χ3n) is 2.48. The lowest BCUT2D eigenvalue weighted by Crippen LogP contribution is -2.10. The van der Waals surface area contributed by atoms with Crippen LogP contribution in [0.1, 0.15) is 19.7 Å². The Bertz CT molecular complexity index is 568. The van der Waals surface area contributed by atoms with E-state index in [9.17, 15) is 0 Å². The molecule has 0 atom stereocenters. The molecule has 0 radical (unpaired) electrons. The van der Waals surface area contributed by atoms with Crippen LogP contribution in [0.3, 0.4) is 0 Å². The van der Waals surface area contributed by atoms with E-state index < -0.39 is 0 Å². The highest BCUT2D eigenvalue weighted by Crippen LogP contribution is 2.20. The van der Waals surface area contributed by atoms with Crippen LogP contribution in [0, 0.1) is 6.92 Å². The quantitative estimate of drug-likeness (QED) is 0.573. The number of nitrogens with zero attached hydrogens (tertiary/aromatic N) is 2. The Labute approximate surface area is 118 Å². The van der Waals surface area contributed by atoms with Gasteiger partial charge in [0, 0.05) is 11.8 Å². The summed E-state index contributed by atoms with van der Waals surface area (Å²) >= 11 is 0. The molecule has 0 unspecified atom stereocenters. The van der Waals surface area contributed by atoms with Crippen molar-refractivity contribution < 1.29 is 4.74 Å². The second-order valence-corrected chi connectivity index (χ2v) is 4.65. The molecule has 0 aliphatic rings. The number of aromatic nitrogens is 2. The van der Waals surface area contributed by atoms with Gasteiger partial charge in [0.25, 0.3) is 0 Å². The van der Waals surface area contributed by atoms with E-state index in [2.05, 4.69) is 20.7 Å². The maximum atomic E-state index is 5.60. The van der Waals surface area contributed by atoms with Crippen molar-refractivity contribution in [2.45, 2.75) is 26.9 Å². The molecule has 106 valence electrons. The van der Waals surface area contributed by atoms with Crippen molar-refractivity contribution in [2.75, 3.05) is 10.7 Å². The summed E-state index contributed by atoms with van der Waals surface area (Å²) in [5, 5.41) is 3.20. The maximum Gasteiger partial charge on any atom is 0.145 e. The number of hydrazine groups is 1. The first-order chi connectivity index (χ1) is 9.56. The second kappa shape index (κ2) is 6.21. The summed E-state index contributed by atoms with van der Waals surface area (Å²) < 4.78 is 5.60. The zero-order valence-corrected chi connectivity index (χ0v) is 11.8. The van der Waals surface area contributed by atoms with Crippen molar-refractivity contribution in [1.82, 2.24) is 9.97 Å². The minimum Gasteiger partial charge on any atom is -0.491 e. The van der Waals surface area contributed by atoms with Crippen molar-refractivity contribution in [3.63, 3.8) is 0 Å². The predicted octanol–water partition coefficient (Wildman–Crippen LogP) is 2.60. The fourth-order valence-corrected chi connectivity index (χ4v) is 1.74. The van der Waals surface area contributed by atoms with Gasteiger partial charge in [0.05, 0.1) is 6.10 Å². The van der Waals surface area contributed by atoms with Crippen molar-refractivity contribution in [1.29, 1.82) is 0 Å². The maximum absolute atomic E-state index is 5.60. The molecule has 2 aromatic rings. The number of nitrogen functional groups attached to an aromatic ring is 1. The van der Waals surface area contributed by atoms with E-state index in [1.54, 1.807) is 6.07 Å². The summed E-state index contributed by atoms with van der Waals surface area (Å²) in [6.07, 6.45) is 0.163. The van der Waals surface area contributed by atoms with Crippen LogP contribution in [-0.4, -0.2) is 16.1 Å². The first-order valence-electron chi connectivity index (χ1n) is 6.43. The molecule has 1 aromatic carbocycles. The highest BCUT2D eigenvalue weighted by atomic mass is 16.5. The summed E-state index contributed by atoms with van der Waals surface area (Å²) in [4.78, 5) is 8.43. The molecule has 4 N–H and O–H groups in total. The number of aryl methyl sites for hydroxylation is 1. The first-order valence-corrected chi connectivity index (χ1v) is 6.43. The van der Waals surface area contributed by atoms with Gasteiger partial charge in [-0.1, -0.05) is 0 Å². The van der Waals surface area contributed by atoms with Gasteiger partial charge in [0.15, 0.2) is 0 Å². The van der Waals surface area contributed by atoms with Crippen LogP contribution in [0.25, 0.3) is 0 Å². The van der Waals surface area contributed by atoms with E-state index >= 15 is 0 Å². The number of rotatable bonds is 5. The standard InChI is InChI=1S/C14H19N5O/c1-9(2)20-12-6-4-11(5-7-12)18-13-8-14(19-15)17-10(3)16-13/h4-9H,15H2,1-3H3,(H2,16,17,18,19). The summed E-state index contributed by atoms with van der Waals surface area (Å²) in [5.41, 5.74) is 3.43. The van der Waals surface area contributed by atoms with E-state index in [1.165, 1.54) is 0 Å². The molecule has 0 aliphatic heterocycles. The van der Waals surface area contributed by atoms with Crippen LogP contribution in [-0.2, 0) is 0 Å². The summed E-state index contributed by atoms with van der Waals surface area (Å²) in [7, 11) is 0. The number of nitrogens with one attached hydrogen (secondary N) is 2. The van der Waals surface area contributed by atoms with Crippen LogP contribution in [0.4, 0.5) is 17.3 Å². The monoisotopic (exact) mass is 273 g/mol. The highest BCUT2D eigenvalue weighted by molar-refractivity contribution is 5.59. The van der Waals surface area contributed by atoms with Gasteiger partial charge < -0.3 is 15.5 Å². The molecule has 0 saturated heterocycles. The van der Waals surface area contributed by atoms with Gasteiger partial charge in [0.2, 0.25) is 0 Å². The fourth-order valence-electron chi connectivity index (χ4n) is 1.74. The molecule has 6 heteroatoms. The molecule has 2 rings (SSSR count). The minimum atomic E-state index is 0.163. The lowest BCUT2D eigenvalue weighted by atomic mass is 10.3. The molecule has 6 nitrogen and oxygen atoms in total. The lowest BCUT2D eigenvalue weighted by molar-refractivity contribution is 0.242. The predicted molar refractivity (Wildman–Crippen MR) is 80.1 cm³/mol. The normalized spacial score (nSPS) is 10.4. The number of benzene rings is 1. The fraction of sp³-hybridized carbons (Fsp3) is 0.286. The Balaban J connectivity index is 2.11. The largest absolute Gasteiger partial charge is 0.491 e. The molecule has 1 aromatic heterocycles. The van der Waals surface area contributed by atoms with Crippen molar-refractivity contribution in [3.8, 4) is 5.75 Å². The summed E-state index contributed by atoms with van der Waals surface area (Å²) in [6.45, 7) is 5.81. The van der Waals surface area contributed by atoms with Gasteiger partial charge in [-0.25, -0.2) is 15.8 Å². The molecule has 0 amide bonds. The zero-order valence-electron chi connectivity index (χ0n) is 11.8. The number of hydrogen-bond donors (Lipinski definition) is 3. The van der Waals surface area contributed by atoms with E-state index in [0.29, 0.717) is 17.5 Å². The molecule has 1 heterocycles. The smallest absolute Gasteiger partial charge is 0.145 e. The van der Waals surface area contributed by atoms with Crippen LogP contribution < -0.4 is 21.3 Å². The Morgan fingerprint density at radius 3 is 2.35 bits per heavy atom. The van der Waals surface area contributed by atoms with Gasteiger partial charge >= 0.3 is 0 Å². The van der Waals surface area contributed by atoms with E-state index in [1.807, 2.05) is 45.0 Å². The lowest BCUT2D eigenvalue weighted by Gasteiger charge is -2.11. The third kappa shape index (κ3) is 3.83. The Hall–Kier alpha value is -2.34. The molecule has 0 spiro atoms. The molecular weight excluding hydrogens is 254 g/mol. The summed E-state index contributed by atoms with van der Waals surface area (Å²) in [6, 6.07) is 9.44. The van der Waals surface area contributed by atoms with Crippen LogP contribution in [0.15, 0.2) is 30.3 Å². The number of anilines is 3. The van der Waals surface area contributed by atoms with E-state index in [4.69, 9.17) is 10.6 Å². The molecule has 0 bridgehead atoms. The number of nitrogens with two attached hydrogens (primary N) is 1. The molecule has 0 saturated carbocycles. The highest BCUT2D eigenvalue weighted by Gasteiger charge is 2.02. The van der Waals surface area contributed by atoms with Crippen molar-refractivity contribution in [2.24, 2.45) is 5.84 Å². The Kier molecular flexibility index (Phi) is 4.37. The molecule has 0 aliphatic carbocycles. The number of ether oxygens (including phenoxy) is 1. The SMILES string of the molecule is Cc1nc(NN)cc(Nc2ccc(OC(C)C)cc2)n1. The van der Waals surface area contributed by atoms with Crippen LogP contribution in [0.2, 0.25) is 0 Å². The number of hydrogen-bond acceptors (Lipinski definition) is 6. The van der Waals surface area contributed by atoms with Crippen LogP contribution >= 0.6 is 0 Å². The van der Waals surface area contributed by atoms with Crippen LogP contribution in [0.5, 0.6) is 5.75 Å². The van der Waals surface area contributed by atoms with Crippen molar-refractivity contribution >= 4 is 17.3 Å². The molecule has 0 fully saturated rings. The van der Waals surface area contributed by atoms with Gasteiger partial charge in [-0.05, 0) is 45.0 Å². The van der Waals surface area contributed by atoms with Gasteiger partial charge in [0.1, 0.15) is 23.2 Å². The minimum absolute atomic E-state index is 0.163. The van der Waals surface area contributed by atoms with Gasteiger partial charge in [-0.3, -0.25) is 0 Å². The van der Waals surface area contributed by atoms with E-state index in [-0.39, 0.29) is 6.10 Å². The molecule has 20 heavy (non-hydrogen) atoms. The summed E-state index contributed by atoms with van der Waals surface area (Å²) in [5.74, 6) is 8.10. The second-order valence-electron chi connectivity index (χ2n) is 4.65.